The Morgan fingerprint density at radius 2 is 2.10 bits per heavy atom. The van der Waals surface area contributed by atoms with Crippen molar-refractivity contribution in [2.24, 2.45) is 0 Å². The minimum absolute atomic E-state index is 0.532. The van der Waals surface area contributed by atoms with E-state index in [9.17, 15) is 0 Å². The Hall–Kier alpha value is -2.48. The second-order valence-electron chi connectivity index (χ2n) is 4.10. The summed E-state index contributed by atoms with van der Waals surface area (Å²) in [5, 5.41) is 12.0. The van der Waals surface area contributed by atoms with Gasteiger partial charge in [0, 0.05) is 25.1 Å². The van der Waals surface area contributed by atoms with E-state index in [1.54, 1.807) is 23.3 Å². The van der Waals surface area contributed by atoms with E-state index in [1.807, 2.05) is 18.3 Å². The highest BCUT2D eigenvalue weighted by molar-refractivity contribution is 7.11. The molecule has 0 aliphatic rings. The van der Waals surface area contributed by atoms with E-state index >= 15 is 0 Å². The summed E-state index contributed by atoms with van der Waals surface area (Å²) in [5.74, 6) is 0.532. The van der Waals surface area contributed by atoms with Crippen molar-refractivity contribution in [3.8, 4) is 11.1 Å². The molecule has 0 saturated carbocycles. The lowest BCUT2D eigenvalue weighted by Crippen LogP contribution is -2.10. The zero-order valence-corrected chi connectivity index (χ0v) is 11.4. The quantitative estimate of drug-likeness (QED) is 0.738. The molecule has 3 aromatic rings. The van der Waals surface area contributed by atoms with Gasteiger partial charge in [0.05, 0.1) is 18.3 Å². The van der Waals surface area contributed by atoms with Crippen molar-refractivity contribution in [3.05, 3.63) is 36.9 Å². The smallest absolute Gasteiger partial charge is 0.147 e. The number of nitrogens with zero attached hydrogens (tertiary/aromatic N) is 5. The minimum atomic E-state index is 0.532. The maximum atomic E-state index is 5.95. The molecule has 0 fully saturated rings. The molecule has 0 amide bonds. The molecule has 0 bridgehead atoms. The van der Waals surface area contributed by atoms with Crippen LogP contribution in [-0.4, -0.2) is 30.9 Å². The Morgan fingerprint density at radius 3 is 2.85 bits per heavy atom. The molecule has 0 radical (unpaired) electrons. The van der Waals surface area contributed by atoms with Crippen LogP contribution in [0.1, 0.15) is 0 Å². The van der Waals surface area contributed by atoms with E-state index in [-0.39, 0.29) is 0 Å². The summed E-state index contributed by atoms with van der Waals surface area (Å²) in [4.78, 5) is 4.01. The molecule has 8 heteroatoms. The third kappa shape index (κ3) is 2.59. The molecule has 20 heavy (non-hydrogen) atoms. The van der Waals surface area contributed by atoms with E-state index in [0.29, 0.717) is 5.82 Å². The summed E-state index contributed by atoms with van der Waals surface area (Å²) in [5.41, 5.74) is 7.89. The Kier molecular flexibility index (Phi) is 3.55. The third-order valence-electron chi connectivity index (χ3n) is 2.79. The first-order chi connectivity index (χ1) is 9.84. The highest BCUT2D eigenvalue weighted by Gasteiger charge is 2.13. The number of nitrogens with two attached hydrogens (primary N) is 1. The highest BCUT2D eigenvalue weighted by Crippen LogP contribution is 2.36. The summed E-state index contributed by atoms with van der Waals surface area (Å²) in [6, 6.07) is 3.84. The number of anilines is 2. The molecule has 102 valence electrons. The lowest BCUT2D eigenvalue weighted by Gasteiger charge is -2.07. The number of hydrogen-bond acceptors (Lipinski definition) is 7. The monoisotopic (exact) mass is 287 g/mol. The summed E-state index contributed by atoms with van der Waals surface area (Å²) >= 11 is 1.36. The Morgan fingerprint density at radius 1 is 1.25 bits per heavy atom. The minimum Gasteiger partial charge on any atom is -0.382 e. The van der Waals surface area contributed by atoms with Crippen LogP contribution in [-0.2, 0) is 6.54 Å². The Bertz CT molecular complexity index is 662. The van der Waals surface area contributed by atoms with Crippen LogP contribution in [0.25, 0.3) is 11.1 Å². The largest absolute Gasteiger partial charge is 0.382 e. The number of nitrogen functional groups attached to an aromatic ring is 1. The second kappa shape index (κ2) is 5.66. The zero-order valence-electron chi connectivity index (χ0n) is 10.6. The van der Waals surface area contributed by atoms with Gasteiger partial charge in [-0.05, 0) is 29.2 Å². The topological polar surface area (TPSA) is 94.5 Å². The van der Waals surface area contributed by atoms with Gasteiger partial charge in [0.15, 0.2) is 0 Å². The average molecular weight is 287 g/mol. The molecule has 0 aromatic carbocycles. The SMILES string of the molecule is Nc1nsc(NCCn2ccnn2)c1-c1ccncc1. The first kappa shape index (κ1) is 12.5. The second-order valence-corrected chi connectivity index (χ2v) is 4.87. The van der Waals surface area contributed by atoms with E-state index in [0.717, 1.165) is 29.2 Å². The molecule has 0 aliphatic carbocycles. The fraction of sp³-hybridized carbons (Fsp3) is 0.167. The van der Waals surface area contributed by atoms with Crippen LogP contribution in [0.4, 0.5) is 10.8 Å². The van der Waals surface area contributed by atoms with Gasteiger partial charge >= 0.3 is 0 Å². The van der Waals surface area contributed by atoms with Crippen molar-refractivity contribution in [1.82, 2.24) is 24.4 Å². The van der Waals surface area contributed by atoms with E-state index < -0.39 is 0 Å². The van der Waals surface area contributed by atoms with Gasteiger partial charge in [-0.3, -0.25) is 9.67 Å². The van der Waals surface area contributed by atoms with Crippen molar-refractivity contribution < 1.29 is 0 Å². The van der Waals surface area contributed by atoms with Crippen LogP contribution < -0.4 is 11.1 Å². The van der Waals surface area contributed by atoms with Crippen LogP contribution in [0, 0.1) is 0 Å². The first-order valence-electron chi connectivity index (χ1n) is 6.08. The average Bonchev–Trinajstić information content (AvgIpc) is 3.10. The van der Waals surface area contributed by atoms with Crippen molar-refractivity contribution >= 4 is 22.4 Å². The van der Waals surface area contributed by atoms with Gasteiger partial charge in [0.1, 0.15) is 10.8 Å². The number of aromatic nitrogens is 5. The van der Waals surface area contributed by atoms with Crippen molar-refractivity contribution in [2.75, 3.05) is 17.6 Å². The molecule has 7 nitrogen and oxygen atoms in total. The normalized spacial score (nSPS) is 10.6. The van der Waals surface area contributed by atoms with E-state index in [2.05, 4.69) is 25.0 Å². The summed E-state index contributed by atoms with van der Waals surface area (Å²) in [6.45, 7) is 1.46. The molecular weight excluding hydrogens is 274 g/mol. The number of pyridine rings is 1. The van der Waals surface area contributed by atoms with Gasteiger partial charge in [-0.25, -0.2) is 0 Å². The maximum Gasteiger partial charge on any atom is 0.147 e. The van der Waals surface area contributed by atoms with Crippen LogP contribution in [0.15, 0.2) is 36.9 Å². The number of rotatable bonds is 5. The third-order valence-corrected chi connectivity index (χ3v) is 3.60. The summed E-state index contributed by atoms with van der Waals surface area (Å²) in [7, 11) is 0. The summed E-state index contributed by atoms with van der Waals surface area (Å²) in [6.07, 6.45) is 6.97. The van der Waals surface area contributed by atoms with E-state index in [1.165, 1.54) is 11.5 Å². The molecule has 0 atom stereocenters. The van der Waals surface area contributed by atoms with Gasteiger partial charge in [0.2, 0.25) is 0 Å². The fourth-order valence-corrected chi connectivity index (χ4v) is 2.62. The molecule has 3 heterocycles. The van der Waals surface area contributed by atoms with Gasteiger partial charge in [-0.2, -0.15) is 4.37 Å². The molecule has 3 rings (SSSR count). The number of nitrogens with one attached hydrogen (secondary N) is 1. The lowest BCUT2D eigenvalue weighted by atomic mass is 10.1. The van der Waals surface area contributed by atoms with Crippen molar-refractivity contribution in [3.63, 3.8) is 0 Å². The Balaban J connectivity index is 1.74. The molecule has 0 spiro atoms. The predicted molar refractivity (Wildman–Crippen MR) is 78.3 cm³/mol. The van der Waals surface area contributed by atoms with Gasteiger partial charge in [-0.1, -0.05) is 5.21 Å². The van der Waals surface area contributed by atoms with Crippen LogP contribution >= 0.6 is 11.5 Å². The van der Waals surface area contributed by atoms with Gasteiger partial charge in [-0.15, -0.1) is 5.10 Å². The molecular formula is C12H13N7S. The predicted octanol–water partition coefficient (Wildman–Crippen LogP) is 1.49. The standard InChI is InChI=1S/C12H13N7S/c13-11-10(9-1-3-14-4-2-9)12(20-17-11)15-5-7-19-8-6-16-18-19/h1-4,6,8,15H,5,7H2,(H2,13,17). The van der Waals surface area contributed by atoms with Gasteiger partial charge in [0.25, 0.3) is 0 Å². The molecule has 3 N–H and O–H groups in total. The molecule has 3 aromatic heterocycles. The van der Waals surface area contributed by atoms with Gasteiger partial charge < -0.3 is 11.1 Å². The van der Waals surface area contributed by atoms with Crippen LogP contribution in [0.2, 0.25) is 0 Å². The molecule has 0 saturated heterocycles. The lowest BCUT2D eigenvalue weighted by molar-refractivity contribution is 0.609. The summed E-state index contributed by atoms with van der Waals surface area (Å²) < 4.78 is 5.98. The number of hydrogen-bond donors (Lipinski definition) is 2. The maximum absolute atomic E-state index is 5.95. The molecule has 0 aliphatic heterocycles. The fourth-order valence-electron chi connectivity index (χ4n) is 1.86. The first-order valence-corrected chi connectivity index (χ1v) is 6.85. The van der Waals surface area contributed by atoms with Crippen molar-refractivity contribution in [1.29, 1.82) is 0 Å². The van der Waals surface area contributed by atoms with Crippen LogP contribution in [0.5, 0.6) is 0 Å². The zero-order chi connectivity index (χ0) is 13.8. The van der Waals surface area contributed by atoms with E-state index in [4.69, 9.17) is 5.73 Å². The van der Waals surface area contributed by atoms with Crippen molar-refractivity contribution in [2.45, 2.75) is 6.54 Å². The molecule has 0 unspecified atom stereocenters. The highest BCUT2D eigenvalue weighted by atomic mass is 32.1. The Labute approximate surface area is 119 Å². The van der Waals surface area contributed by atoms with Crippen LogP contribution in [0.3, 0.4) is 0 Å².